The third-order valence-electron chi connectivity index (χ3n) is 5.50. The normalized spacial score (nSPS) is 15.8. The van der Waals surface area contributed by atoms with Gasteiger partial charge in [-0.1, -0.05) is 48.5 Å². The molecule has 1 saturated heterocycles. The molecule has 5 heteroatoms. The summed E-state index contributed by atoms with van der Waals surface area (Å²) < 4.78 is 5.99. The van der Waals surface area contributed by atoms with Gasteiger partial charge in [-0.15, -0.1) is 0 Å². The summed E-state index contributed by atoms with van der Waals surface area (Å²) in [5, 5.41) is 6.31. The SMILES string of the molecule is Cc1c(COc2ccc(CNCC3CCC(=O)N3)nc2)cccc1-c1ccccc1. The van der Waals surface area contributed by atoms with Gasteiger partial charge >= 0.3 is 0 Å². The second-order valence-corrected chi connectivity index (χ2v) is 7.66. The number of carbonyl (C=O) groups is 1. The minimum atomic E-state index is 0.144. The van der Waals surface area contributed by atoms with Crippen LogP contribution in [0.3, 0.4) is 0 Å². The standard InChI is InChI=1S/C25H27N3O2/c1-18-20(8-5-9-24(18)19-6-3-2-4-7-19)17-30-23-12-10-21(27-16-23)14-26-15-22-11-13-25(29)28-22/h2-10,12,16,22,26H,11,13-15,17H2,1H3,(H,28,29). The highest BCUT2D eigenvalue weighted by atomic mass is 16.5. The van der Waals surface area contributed by atoms with Crippen molar-refractivity contribution in [1.29, 1.82) is 0 Å². The van der Waals surface area contributed by atoms with E-state index >= 15 is 0 Å². The van der Waals surface area contributed by atoms with Gasteiger partial charge in [0.05, 0.1) is 11.9 Å². The van der Waals surface area contributed by atoms with Crippen molar-refractivity contribution in [2.24, 2.45) is 0 Å². The number of hydrogen-bond donors (Lipinski definition) is 2. The Kier molecular flexibility index (Phi) is 6.40. The molecule has 1 aliphatic heterocycles. The van der Waals surface area contributed by atoms with E-state index in [-0.39, 0.29) is 11.9 Å². The van der Waals surface area contributed by atoms with Gasteiger partial charge in [-0.2, -0.15) is 0 Å². The molecule has 154 valence electrons. The minimum absolute atomic E-state index is 0.144. The van der Waals surface area contributed by atoms with Gasteiger partial charge in [0.25, 0.3) is 0 Å². The van der Waals surface area contributed by atoms with Crippen molar-refractivity contribution in [3.05, 3.63) is 83.7 Å². The van der Waals surface area contributed by atoms with Crippen LogP contribution in [0.5, 0.6) is 5.75 Å². The Morgan fingerprint density at radius 1 is 1.10 bits per heavy atom. The smallest absolute Gasteiger partial charge is 0.220 e. The van der Waals surface area contributed by atoms with Gasteiger partial charge in [-0.05, 0) is 47.7 Å². The van der Waals surface area contributed by atoms with E-state index in [9.17, 15) is 4.79 Å². The molecule has 0 spiro atoms. The number of carbonyl (C=O) groups excluding carboxylic acids is 1. The van der Waals surface area contributed by atoms with Crippen LogP contribution in [0.1, 0.15) is 29.7 Å². The summed E-state index contributed by atoms with van der Waals surface area (Å²) in [6.45, 7) is 4.08. The van der Waals surface area contributed by atoms with Crippen LogP contribution in [-0.2, 0) is 17.9 Å². The Bertz CT molecular complexity index is 987. The molecule has 4 rings (SSSR count). The number of pyridine rings is 1. The van der Waals surface area contributed by atoms with Crippen molar-refractivity contribution < 1.29 is 9.53 Å². The molecule has 0 aliphatic carbocycles. The van der Waals surface area contributed by atoms with Gasteiger partial charge in [0, 0.05) is 25.6 Å². The Morgan fingerprint density at radius 3 is 2.70 bits per heavy atom. The lowest BCUT2D eigenvalue weighted by Crippen LogP contribution is -2.35. The predicted molar refractivity (Wildman–Crippen MR) is 118 cm³/mol. The zero-order valence-corrected chi connectivity index (χ0v) is 17.2. The fourth-order valence-electron chi connectivity index (χ4n) is 3.74. The van der Waals surface area contributed by atoms with Crippen LogP contribution >= 0.6 is 0 Å². The van der Waals surface area contributed by atoms with Gasteiger partial charge < -0.3 is 15.4 Å². The van der Waals surface area contributed by atoms with Crippen LogP contribution < -0.4 is 15.4 Å². The Labute approximate surface area is 177 Å². The topological polar surface area (TPSA) is 63.2 Å². The summed E-state index contributed by atoms with van der Waals surface area (Å²) >= 11 is 0. The van der Waals surface area contributed by atoms with Crippen molar-refractivity contribution in [3.8, 4) is 16.9 Å². The lowest BCUT2D eigenvalue weighted by molar-refractivity contribution is -0.119. The Morgan fingerprint density at radius 2 is 1.97 bits per heavy atom. The first-order valence-corrected chi connectivity index (χ1v) is 10.4. The molecule has 5 nitrogen and oxygen atoms in total. The third-order valence-corrected chi connectivity index (χ3v) is 5.50. The van der Waals surface area contributed by atoms with Crippen molar-refractivity contribution in [3.63, 3.8) is 0 Å². The molecule has 3 aromatic rings. The molecule has 1 unspecified atom stereocenters. The number of amides is 1. The maximum absolute atomic E-state index is 11.2. The van der Waals surface area contributed by atoms with Crippen LogP contribution in [0.2, 0.25) is 0 Å². The molecule has 0 bridgehead atoms. The van der Waals surface area contributed by atoms with E-state index in [0.29, 0.717) is 19.6 Å². The molecule has 0 radical (unpaired) electrons. The third kappa shape index (κ3) is 5.05. The summed E-state index contributed by atoms with van der Waals surface area (Å²) in [5.74, 6) is 0.900. The molecule has 1 atom stereocenters. The number of aromatic nitrogens is 1. The zero-order valence-electron chi connectivity index (χ0n) is 17.2. The van der Waals surface area contributed by atoms with Crippen LogP contribution in [-0.4, -0.2) is 23.5 Å². The highest BCUT2D eigenvalue weighted by Crippen LogP contribution is 2.26. The lowest BCUT2D eigenvalue weighted by atomic mass is 9.97. The van der Waals surface area contributed by atoms with Gasteiger partial charge in [0.1, 0.15) is 12.4 Å². The second-order valence-electron chi connectivity index (χ2n) is 7.66. The molecule has 2 heterocycles. The summed E-state index contributed by atoms with van der Waals surface area (Å²) in [6.07, 6.45) is 3.30. The number of ether oxygens (including phenoxy) is 1. The molecular formula is C25H27N3O2. The van der Waals surface area contributed by atoms with E-state index in [1.807, 2.05) is 18.2 Å². The molecule has 1 aliphatic rings. The average molecular weight is 402 g/mol. The van der Waals surface area contributed by atoms with Crippen molar-refractivity contribution in [1.82, 2.24) is 15.6 Å². The van der Waals surface area contributed by atoms with Crippen LogP contribution in [0.15, 0.2) is 66.9 Å². The first kappa shape index (κ1) is 20.1. The molecule has 1 fully saturated rings. The van der Waals surface area contributed by atoms with E-state index in [2.05, 4.69) is 65.0 Å². The van der Waals surface area contributed by atoms with E-state index in [1.165, 1.54) is 22.3 Å². The molecule has 2 aromatic carbocycles. The van der Waals surface area contributed by atoms with Gasteiger partial charge in [-0.25, -0.2) is 0 Å². The summed E-state index contributed by atoms with van der Waals surface area (Å²) in [4.78, 5) is 15.7. The number of nitrogens with one attached hydrogen (secondary N) is 2. The zero-order chi connectivity index (χ0) is 20.8. The monoisotopic (exact) mass is 401 g/mol. The minimum Gasteiger partial charge on any atom is -0.487 e. The molecule has 0 saturated carbocycles. The van der Waals surface area contributed by atoms with E-state index in [4.69, 9.17) is 4.74 Å². The highest BCUT2D eigenvalue weighted by Gasteiger charge is 2.19. The largest absolute Gasteiger partial charge is 0.487 e. The van der Waals surface area contributed by atoms with Gasteiger partial charge in [-0.3, -0.25) is 9.78 Å². The first-order valence-electron chi connectivity index (χ1n) is 10.4. The van der Waals surface area contributed by atoms with Gasteiger partial charge in [0.2, 0.25) is 5.91 Å². The molecule has 1 amide bonds. The number of nitrogens with zero attached hydrogens (tertiary/aromatic N) is 1. The maximum Gasteiger partial charge on any atom is 0.220 e. The van der Waals surface area contributed by atoms with Gasteiger partial charge in [0.15, 0.2) is 0 Å². The Balaban J connectivity index is 1.30. The highest BCUT2D eigenvalue weighted by molar-refractivity contribution is 5.78. The maximum atomic E-state index is 11.2. The average Bonchev–Trinajstić information content (AvgIpc) is 3.19. The number of hydrogen-bond acceptors (Lipinski definition) is 4. The molecule has 1 aromatic heterocycles. The summed E-state index contributed by atoms with van der Waals surface area (Å²) in [5.41, 5.74) is 5.80. The summed E-state index contributed by atoms with van der Waals surface area (Å²) in [7, 11) is 0. The first-order chi connectivity index (χ1) is 14.7. The predicted octanol–water partition coefficient (Wildman–Crippen LogP) is 4.00. The van der Waals surface area contributed by atoms with Crippen LogP contribution in [0.4, 0.5) is 0 Å². The fourth-order valence-corrected chi connectivity index (χ4v) is 3.74. The quantitative estimate of drug-likeness (QED) is 0.599. The van der Waals surface area contributed by atoms with Crippen molar-refractivity contribution in [2.45, 2.75) is 39.0 Å². The van der Waals surface area contributed by atoms with Crippen LogP contribution in [0, 0.1) is 6.92 Å². The van der Waals surface area contributed by atoms with Crippen molar-refractivity contribution in [2.75, 3.05) is 6.54 Å². The summed E-state index contributed by atoms with van der Waals surface area (Å²) in [6, 6.07) is 20.9. The number of benzene rings is 2. The molecular weight excluding hydrogens is 374 g/mol. The van der Waals surface area contributed by atoms with E-state index in [1.54, 1.807) is 6.20 Å². The fraction of sp³-hybridized carbons (Fsp3) is 0.280. The lowest BCUT2D eigenvalue weighted by Gasteiger charge is -2.13. The Hall–Kier alpha value is -3.18. The molecule has 2 N–H and O–H groups in total. The van der Waals surface area contributed by atoms with Crippen LogP contribution in [0.25, 0.3) is 11.1 Å². The van der Waals surface area contributed by atoms with E-state index in [0.717, 1.165) is 24.4 Å². The van der Waals surface area contributed by atoms with E-state index < -0.39 is 0 Å². The number of rotatable bonds is 8. The van der Waals surface area contributed by atoms with Crippen molar-refractivity contribution >= 4 is 5.91 Å². The second kappa shape index (κ2) is 9.55. The molecule has 30 heavy (non-hydrogen) atoms.